The molecule has 1 saturated heterocycles. The number of carbonyl (C=O) groups is 1. The largest absolute Gasteiger partial charge is 0.307 e. The molecule has 1 amide bonds. The Labute approximate surface area is 97.8 Å². The first-order valence-electron chi connectivity index (χ1n) is 4.48. The van der Waals surface area contributed by atoms with Crippen LogP contribution in [0.5, 0.6) is 0 Å². The van der Waals surface area contributed by atoms with Gasteiger partial charge in [0.25, 0.3) is 5.91 Å². The number of nitrogens with one attached hydrogen (secondary N) is 1. The Hall–Kier alpha value is -1.13. The molecule has 4 heteroatoms. The van der Waals surface area contributed by atoms with Gasteiger partial charge < -0.3 is 5.32 Å². The highest BCUT2D eigenvalue weighted by atomic mass is 32.2. The van der Waals surface area contributed by atoms with Gasteiger partial charge in [-0.25, -0.2) is 0 Å². The van der Waals surface area contributed by atoms with Crippen LogP contribution < -0.4 is 5.32 Å². The molecule has 2 nitrogen and oxygen atoms in total. The van der Waals surface area contributed by atoms with E-state index in [9.17, 15) is 4.79 Å². The Kier molecular flexibility index (Phi) is 2.88. The zero-order chi connectivity index (χ0) is 10.8. The van der Waals surface area contributed by atoms with Gasteiger partial charge in [0.2, 0.25) is 0 Å². The fourth-order valence-electron chi connectivity index (χ4n) is 1.38. The van der Waals surface area contributed by atoms with Gasteiger partial charge in [-0.2, -0.15) is 0 Å². The van der Waals surface area contributed by atoms with Crippen LogP contribution >= 0.6 is 24.0 Å². The van der Waals surface area contributed by atoms with Gasteiger partial charge in [0, 0.05) is 0 Å². The van der Waals surface area contributed by atoms with Crippen LogP contribution in [0.3, 0.4) is 0 Å². The zero-order valence-corrected chi connectivity index (χ0v) is 9.74. The summed E-state index contributed by atoms with van der Waals surface area (Å²) >= 11 is 6.27. The molecule has 0 saturated carbocycles. The minimum Gasteiger partial charge on any atom is -0.307 e. The minimum absolute atomic E-state index is 0.0913. The first kappa shape index (κ1) is 10.4. The SMILES string of the molecule is CC(=C1SC(=S)NC1=O)c1ccccc1. The minimum atomic E-state index is -0.0913. The number of benzene rings is 1. The van der Waals surface area contributed by atoms with Gasteiger partial charge >= 0.3 is 0 Å². The molecule has 76 valence electrons. The van der Waals surface area contributed by atoms with E-state index in [1.165, 1.54) is 11.8 Å². The third-order valence-electron chi connectivity index (χ3n) is 2.16. The molecule has 0 aliphatic carbocycles. The van der Waals surface area contributed by atoms with Crippen molar-refractivity contribution < 1.29 is 4.79 Å². The lowest BCUT2D eigenvalue weighted by molar-refractivity contribution is -0.115. The average molecular weight is 235 g/mol. The molecule has 1 N–H and O–H groups in total. The van der Waals surface area contributed by atoms with E-state index in [4.69, 9.17) is 12.2 Å². The topological polar surface area (TPSA) is 29.1 Å². The number of hydrogen-bond donors (Lipinski definition) is 1. The molecule has 0 atom stereocenters. The van der Waals surface area contributed by atoms with Crippen LogP contribution in [-0.4, -0.2) is 10.2 Å². The third kappa shape index (κ3) is 2.11. The van der Waals surface area contributed by atoms with Crippen LogP contribution in [0.4, 0.5) is 0 Å². The van der Waals surface area contributed by atoms with E-state index in [0.29, 0.717) is 9.23 Å². The molecule has 2 rings (SSSR count). The van der Waals surface area contributed by atoms with Crippen LogP contribution in [0, 0.1) is 0 Å². The molecule has 1 fully saturated rings. The molecule has 1 aromatic carbocycles. The Morgan fingerprint density at radius 1 is 1.33 bits per heavy atom. The summed E-state index contributed by atoms with van der Waals surface area (Å²) in [7, 11) is 0. The highest BCUT2D eigenvalue weighted by molar-refractivity contribution is 8.26. The van der Waals surface area contributed by atoms with Gasteiger partial charge in [0.05, 0.1) is 4.91 Å². The fourth-order valence-corrected chi connectivity index (χ4v) is 2.47. The van der Waals surface area contributed by atoms with Gasteiger partial charge in [-0.3, -0.25) is 4.79 Å². The maximum atomic E-state index is 11.5. The molecule has 0 spiro atoms. The van der Waals surface area contributed by atoms with E-state index in [1.807, 2.05) is 37.3 Å². The molecule has 0 unspecified atom stereocenters. The number of thiocarbonyl (C=S) groups is 1. The van der Waals surface area contributed by atoms with Crippen molar-refractivity contribution in [2.75, 3.05) is 0 Å². The lowest BCUT2D eigenvalue weighted by Gasteiger charge is -2.02. The second-order valence-corrected chi connectivity index (χ2v) is 4.85. The maximum Gasteiger partial charge on any atom is 0.263 e. The summed E-state index contributed by atoms with van der Waals surface area (Å²) in [4.78, 5) is 12.2. The van der Waals surface area contributed by atoms with Crippen LogP contribution in [0.1, 0.15) is 12.5 Å². The van der Waals surface area contributed by atoms with Crippen LogP contribution in [-0.2, 0) is 4.79 Å². The van der Waals surface area contributed by atoms with Gasteiger partial charge in [-0.1, -0.05) is 54.3 Å². The molecule has 1 heterocycles. The summed E-state index contributed by atoms with van der Waals surface area (Å²) in [5.41, 5.74) is 2.03. The normalized spacial score (nSPS) is 19.0. The van der Waals surface area contributed by atoms with Gasteiger partial charge in [0.15, 0.2) is 0 Å². The Balaban J connectivity index is 2.42. The number of rotatable bonds is 1. The first-order valence-corrected chi connectivity index (χ1v) is 5.70. The predicted octanol–water partition coefficient (Wildman–Crippen LogP) is 2.57. The van der Waals surface area contributed by atoms with E-state index in [0.717, 1.165) is 11.1 Å². The van der Waals surface area contributed by atoms with Gasteiger partial charge in [-0.15, -0.1) is 0 Å². The monoisotopic (exact) mass is 235 g/mol. The van der Waals surface area contributed by atoms with Gasteiger partial charge in [-0.05, 0) is 18.1 Å². The van der Waals surface area contributed by atoms with Crippen molar-refractivity contribution >= 4 is 39.8 Å². The summed E-state index contributed by atoms with van der Waals surface area (Å²) in [6, 6.07) is 9.83. The summed E-state index contributed by atoms with van der Waals surface area (Å²) in [6.07, 6.45) is 0. The van der Waals surface area contributed by atoms with E-state index >= 15 is 0 Å². The maximum absolute atomic E-state index is 11.5. The summed E-state index contributed by atoms with van der Waals surface area (Å²) < 4.78 is 0.533. The molecule has 0 aromatic heterocycles. The molecule has 1 aromatic rings. The molecular formula is C11H9NOS2. The fraction of sp³-hybridized carbons (Fsp3) is 0.0909. The summed E-state index contributed by atoms with van der Waals surface area (Å²) in [5, 5.41) is 2.62. The Bertz CT molecular complexity index is 451. The van der Waals surface area contributed by atoms with Gasteiger partial charge in [0.1, 0.15) is 4.32 Å². The zero-order valence-electron chi connectivity index (χ0n) is 8.11. The number of amides is 1. The summed E-state index contributed by atoms with van der Waals surface area (Å²) in [5.74, 6) is -0.0913. The standard InChI is InChI=1S/C11H9NOS2/c1-7(8-5-3-2-4-6-8)9-10(13)12-11(14)15-9/h2-6H,1H3,(H,12,13,14). The smallest absolute Gasteiger partial charge is 0.263 e. The van der Waals surface area contributed by atoms with E-state index in [1.54, 1.807) is 0 Å². The Morgan fingerprint density at radius 2 is 2.00 bits per heavy atom. The number of thioether (sulfide) groups is 1. The van der Waals surface area contributed by atoms with E-state index in [-0.39, 0.29) is 5.91 Å². The van der Waals surface area contributed by atoms with Crippen molar-refractivity contribution in [3.8, 4) is 0 Å². The van der Waals surface area contributed by atoms with Crippen molar-refractivity contribution in [3.63, 3.8) is 0 Å². The summed E-state index contributed by atoms with van der Waals surface area (Å²) in [6.45, 7) is 1.94. The van der Waals surface area contributed by atoms with E-state index < -0.39 is 0 Å². The molecule has 1 aliphatic heterocycles. The van der Waals surface area contributed by atoms with Crippen molar-refractivity contribution in [1.82, 2.24) is 5.32 Å². The quantitative estimate of drug-likeness (QED) is 0.599. The van der Waals surface area contributed by atoms with Crippen molar-refractivity contribution in [2.24, 2.45) is 0 Å². The molecule has 0 bridgehead atoms. The molecule has 0 radical (unpaired) electrons. The first-order chi connectivity index (χ1) is 7.18. The second kappa shape index (κ2) is 4.16. The third-order valence-corrected chi connectivity index (χ3v) is 3.50. The van der Waals surface area contributed by atoms with Crippen molar-refractivity contribution in [1.29, 1.82) is 0 Å². The molecular weight excluding hydrogens is 226 g/mol. The van der Waals surface area contributed by atoms with Crippen molar-refractivity contribution in [3.05, 3.63) is 40.8 Å². The van der Waals surface area contributed by atoms with Crippen LogP contribution in [0.25, 0.3) is 5.57 Å². The number of allylic oxidation sites excluding steroid dienone is 1. The highest BCUT2D eigenvalue weighted by Gasteiger charge is 2.24. The van der Waals surface area contributed by atoms with Crippen LogP contribution in [0.15, 0.2) is 35.2 Å². The highest BCUT2D eigenvalue weighted by Crippen LogP contribution is 2.31. The number of carbonyl (C=O) groups excluding carboxylic acids is 1. The molecule has 15 heavy (non-hydrogen) atoms. The van der Waals surface area contributed by atoms with Crippen LogP contribution in [0.2, 0.25) is 0 Å². The number of hydrogen-bond acceptors (Lipinski definition) is 3. The predicted molar refractivity (Wildman–Crippen MR) is 67.4 cm³/mol. The Morgan fingerprint density at radius 3 is 2.53 bits per heavy atom. The molecule has 1 aliphatic rings. The van der Waals surface area contributed by atoms with E-state index in [2.05, 4.69) is 5.32 Å². The average Bonchev–Trinajstić information content (AvgIpc) is 2.58. The van der Waals surface area contributed by atoms with Crippen molar-refractivity contribution in [2.45, 2.75) is 6.92 Å². The lowest BCUT2D eigenvalue weighted by atomic mass is 10.1. The second-order valence-electron chi connectivity index (χ2n) is 3.16. The lowest BCUT2D eigenvalue weighted by Crippen LogP contribution is -2.18.